The van der Waals surface area contributed by atoms with Gasteiger partial charge in [0.15, 0.2) is 0 Å². The number of halogens is 1. The number of thioether (sulfide) groups is 1. The first-order valence-corrected chi connectivity index (χ1v) is 10.6. The maximum atomic E-state index is 12.8. The molecule has 0 unspecified atom stereocenters. The fourth-order valence-electron chi connectivity index (χ4n) is 3.30. The molecule has 0 aliphatic carbocycles. The van der Waals surface area contributed by atoms with Crippen LogP contribution in [0.2, 0.25) is 5.02 Å². The zero-order chi connectivity index (χ0) is 19.7. The summed E-state index contributed by atoms with van der Waals surface area (Å²) in [6, 6.07) is 11.7. The third-order valence-corrected chi connectivity index (χ3v) is 6.41. The predicted octanol–water partition coefficient (Wildman–Crippen LogP) is 4.22. The highest BCUT2D eigenvalue weighted by atomic mass is 35.5. The molecule has 1 amide bonds. The van der Waals surface area contributed by atoms with Crippen LogP contribution >= 0.6 is 35.6 Å². The molecule has 4 rings (SSSR count). The van der Waals surface area contributed by atoms with E-state index in [-0.39, 0.29) is 5.91 Å². The molecular formula is C20H20ClN3O2S2. The van der Waals surface area contributed by atoms with E-state index in [1.54, 1.807) is 11.0 Å². The van der Waals surface area contributed by atoms with Crippen molar-refractivity contribution in [1.29, 1.82) is 0 Å². The minimum absolute atomic E-state index is 0.0543. The summed E-state index contributed by atoms with van der Waals surface area (Å²) in [5.74, 6) is 1.44. The highest BCUT2D eigenvalue weighted by Crippen LogP contribution is 2.33. The van der Waals surface area contributed by atoms with Crippen LogP contribution in [0, 0.1) is 6.92 Å². The molecule has 0 atom stereocenters. The second-order valence-electron chi connectivity index (χ2n) is 6.78. The van der Waals surface area contributed by atoms with Crippen LogP contribution < -0.4 is 4.90 Å². The molecule has 2 aliphatic rings. The van der Waals surface area contributed by atoms with Crippen LogP contribution in [-0.2, 0) is 4.79 Å². The summed E-state index contributed by atoms with van der Waals surface area (Å²) in [5.41, 5.74) is 1.13. The van der Waals surface area contributed by atoms with Crippen LogP contribution in [0.3, 0.4) is 0 Å². The predicted molar refractivity (Wildman–Crippen MR) is 119 cm³/mol. The largest absolute Gasteiger partial charge is 0.462 e. The number of thiocarbonyl (C=S) groups is 1. The summed E-state index contributed by atoms with van der Waals surface area (Å²) >= 11 is 12.9. The third-order valence-electron chi connectivity index (χ3n) is 4.80. The third kappa shape index (κ3) is 4.27. The molecule has 28 heavy (non-hydrogen) atoms. The van der Waals surface area contributed by atoms with Crippen LogP contribution in [-0.4, -0.2) is 52.9 Å². The number of hydrogen-bond acceptors (Lipinski definition) is 6. The number of carbonyl (C=O) groups excluding carboxylic acids is 1. The minimum Gasteiger partial charge on any atom is -0.462 e. The second-order valence-corrected chi connectivity index (χ2v) is 8.90. The summed E-state index contributed by atoms with van der Waals surface area (Å²) in [6.07, 6.45) is 1.77. The first kappa shape index (κ1) is 19.5. The number of furan rings is 1. The average molecular weight is 434 g/mol. The fraction of sp³-hybridized carbons (Fsp3) is 0.300. The Morgan fingerprint density at radius 1 is 1.21 bits per heavy atom. The van der Waals surface area contributed by atoms with Gasteiger partial charge in [-0.25, -0.2) is 0 Å². The number of aryl methyl sites for hydroxylation is 1. The van der Waals surface area contributed by atoms with E-state index in [2.05, 4.69) is 15.9 Å². The fourth-order valence-corrected chi connectivity index (χ4v) is 4.71. The number of carbonyl (C=O) groups is 1. The van der Waals surface area contributed by atoms with Crippen molar-refractivity contribution in [3.63, 3.8) is 0 Å². The van der Waals surface area contributed by atoms with Crippen molar-refractivity contribution in [2.75, 3.05) is 37.7 Å². The van der Waals surface area contributed by atoms with Gasteiger partial charge in [0.2, 0.25) is 0 Å². The normalized spacial score (nSPS) is 19.9. The molecule has 2 aliphatic heterocycles. The summed E-state index contributed by atoms with van der Waals surface area (Å²) in [7, 11) is 0. The Morgan fingerprint density at radius 2 is 2.00 bits per heavy atom. The lowest BCUT2D eigenvalue weighted by atomic mass is 10.2. The highest BCUT2D eigenvalue weighted by Gasteiger charge is 2.34. The molecule has 2 aromatic rings. The van der Waals surface area contributed by atoms with Gasteiger partial charge in [0.25, 0.3) is 5.91 Å². The molecule has 2 saturated heterocycles. The van der Waals surface area contributed by atoms with E-state index in [9.17, 15) is 4.79 Å². The van der Waals surface area contributed by atoms with E-state index in [1.165, 1.54) is 11.8 Å². The van der Waals surface area contributed by atoms with Crippen LogP contribution in [0.15, 0.2) is 45.7 Å². The molecule has 0 spiro atoms. The molecule has 8 heteroatoms. The molecule has 0 bridgehead atoms. The van der Waals surface area contributed by atoms with Crippen LogP contribution in [0.1, 0.15) is 11.5 Å². The van der Waals surface area contributed by atoms with E-state index < -0.39 is 0 Å². The van der Waals surface area contributed by atoms with Gasteiger partial charge < -0.3 is 9.32 Å². The minimum atomic E-state index is -0.0543. The number of piperazine rings is 1. The second kappa shape index (κ2) is 8.29. The van der Waals surface area contributed by atoms with Crippen molar-refractivity contribution in [2.45, 2.75) is 6.92 Å². The maximum absolute atomic E-state index is 12.8. The first-order valence-electron chi connectivity index (χ1n) is 9.04. The summed E-state index contributed by atoms with van der Waals surface area (Å²) in [4.78, 5) is 19.6. The van der Waals surface area contributed by atoms with Crippen molar-refractivity contribution in [3.05, 3.63) is 57.8 Å². The van der Waals surface area contributed by atoms with Crippen LogP contribution in [0.4, 0.5) is 5.69 Å². The van der Waals surface area contributed by atoms with E-state index in [4.69, 9.17) is 28.2 Å². The number of hydrogen-bond donors (Lipinski definition) is 0. The molecule has 0 saturated carbocycles. The van der Waals surface area contributed by atoms with Crippen molar-refractivity contribution in [3.8, 4) is 0 Å². The molecule has 1 aromatic heterocycles. The van der Waals surface area contributed by atoms with E-state index >= 15 is 0 Å². The molecular weight excluding hydrogens is 414 g/mol. The van der Waals surface area contributed by atoms with Crippen molar-refractivity contribution < 1.29 is 9.21 Å². The van der Waals surface area contributed by atoms with Gasteiger partial charge in [-0.2, -0.15) is 0 Å². The molecule has 0 radical (unpaired) electrons. The average Bonchev–Trinajstić information content (AvgIpc) is 3.20. The van der Waals surface area contributed by atoms with E-state index in [0.29, 0.717) is 21.7 Å². The number of rotatable bonds is 4. The van der Waals surface area contributed by atoms with Crippen molar-refractivity contribution >= 4 is 57.6 Å². The number of anilines is 1. The molecule has 3 heterocycles. The Morgan fingerprint density at radius 3 is 2.68 bits per heavy atom. The lowest BCUT2D eigenvalue weighted by Gasteiger charge is -2.37. The molecule has 2 fully saturated rings. The zero-order valence-electron chi connectivity index (χ0n) is 15.4. The standard InChI is InChI=1S/C20H20ClN3O2S2/c1-14-5-6-17(26-14)12-18-19(25)24(20(27)28-18)13-22-7-9-23(10-8-22)16-4-2-3-15(21)11-16/h2-6,11-12H,7-10,13H2,1H3/b18-12-. The van der Waals surface area contributed by atoms with Gasteiger partial charge in [-0.15, -0.1) is 0 Å². The maximum Gasteiger partial charge on any atom is 0.267 e. The number of amides is 1. The van der Waals surface area contributed by atoms with Gasteiger partial charge in [-0.3, -0.25) is 14.6 Å². The monoisotopic (exact) mass is 433 g/mol. The summed E-state index contributed by atoms with van der Waals surface area (Å²) in [5, 5.41) is 0.746. The van der Waals surface area contributed by atoms with Gasteiger partial charge in [0, 0.05) is 43.0 Å². The topological polar surface area (TPSA) is 39.9 Å². The van der Waals surface area contributed by atoms with E-state index in [0.717, 1.165) is 42.6 Å². The Labute approximate surface area is 178 Å². The lowest BCUT2D eigenvalue weighted by molar-refractivity contribution is -0.123. The van der Waals surface area contributed by atoms with Gasteiger partial charge in [0.1, 0.15) is 15.8 Å². The number of benzene rings is 1. The molecule has 5 nitrogen and oxygen atoms in total. The smallest absolute Gasteiger partial charge is 0.267 e. The lowest BCUT2D eigenvalue weighted by Crippen LogP contribution is -2.50. The highest BCUT2D eigenvalue weighted by molar-refractivity contribution is 8.26. The summed E-state index contributed by atoms with van der Waals surface area (Å²) < 4.78 is 6.14. The van der Waals surface area contributed by atoms with Gasteiger partial charge in [-0.05, 0) is 37.3 Å². The molecule has 146 valence electrons. The SMILES string of the molecule is Cc1ccc(/C=C2\SC(=S)N(CN3CCN(c4cccc(Cl)c4)CC3)C2=O)o1. The van der Waals surface area contributed by atoms with Gasteiger partial charge >= 0.3 is 0 Å². The van der Waals surface area contributed by atoms with Crippen LogP contribution in [0.25, 0.3) is 6.08 Å². The van der Waals surface area contributed by atoms with E-state index in [1.807, 2.05) is 37.3 Å². The van der Waals surface area contributed by atoms with Gasteiger partial charge in [0.05, 0.1) is 11.6 Å². The Kier molecular flexibility index (Phi) is 5.78. The Bertz CT molecular complexity index is 935. The molecule has 0 N–H and O–H groups in total. The van der Waals surface area contributed by atoms with Crippen LogP contribution in [0.5, 0.6) is 0 Å². The Hall–Kier alpha value is -1.80. The zero-order valence-corrected chi connectivity index (χ0v) is 17.8. The quantitative estimate of drug-likeness (QED) is 0.531. The molecule has 1 aromatic carbocycles. The van der Waals surface area contributed by atoms with Crippen molar-refractivity contribution in [2.24, 2.45) is 0 Å². The summed E-state index contributed by atoms with van der Waals surface area (Å²) in [6.45, 7) is 5.89. The Balaban J connectivity index is 1.36. The van der Waals surface area contributed by atoms with Gasteiger partial charge in [-0.1, -0.05) is 41.6 Å². The number of nitrogens with zero attached hydrogens (tertiary/aromatic N) is 3. The first-order chi connectivity index (χ1) is 13.5. The van der Waals surface area contributed by atoms with Crippen molar-refractivity contribution in [1.82, 2.24) is 9.80 Å².